The molecule has 1 atom stereocenters. The van der Waals surface area contributed by atoms with Crippen LogP contribution in [0, 0.1) is 0 Å². The SMILES string of the molecule is COCC(CNS(=O)(=O)c1ccc(CN)cc1Cl)OC. The highest BCUT2D eigenvalue weighted by Crippen LogP contribution is 2.22. The average molecular weight is 323 g/mol. The van der Waals surface area contributed by atoms with Crippen LogP contribution in [-0.2, 0) is 26.0 Å². The highest BCUT2D eigenvalue weighted by atomic mass is 35.5. The summed E-state index contributed by atoms with van der Waals surface area (Å²) in [5.41, 5.74) is 6.24. The minimum atomic E-state index is -3.70. The molecule has 0 bridgehead atoms. The fourth-order valence-electron chi connectivity index (χ4n) is 1.57. The second-order valence-electron chi connectivity index (χ2n) is 4.13. The van der Waals surface area contributed by atoms with Crippen molar-refractivity contribution in [1.29, 1.82) is 0 Å². The molecule has 0 radical (unpaired) electrons. The van der Waals surface area contributed by atoms with Crippen LogP contribution in [0.2, 0.25) is 5.02 Å². The maximum absolute atomic E-state index is 12.2. The molecule has 0 aromatic heterocycles. The molecule has 3 N–H and O–H groups in total. The summed E-state index contributed by atoms with van der Waals surface area (Å²) in [6.07, 6.45) is -0.364. The van der Waals surface area contributed by atoms with Gasteiger partial charge >= 0.3 is 0 Å². The number of methoxy groups -OCH3 is 2. The van der Waals surface area contributed by atoms with Crippen molar-refractivity contribution in [2.24, 2.45) is 5.73 Å². The van der Waals surface area contributed by atoms with Crippen LogP contribution in [0.1, 0.15) is 5.56 Å². The lowest BCUT2D eigenvalue weighted by Gasteiger charge is -2.15. The van der Waals surface area contributed by atoms with E-state index in [1.165, 1.54) is 20.3 Å². The van der Waals surface area contributed by atoms with Crippen molar-refractivity contribution in [3.8, 4) is 0 Å². The van der Waals surface area contributed by atoms with Gasteiger partial charge in [0.05, 0.1) is 17.7 Å². The van der Waals surface area contributed by atoms with E-state index in [9.17, 15) is 8.42 Å². The summed E-state index contributed by atoms with van der Waals surface area (Å²) in [5.74, 6) is 0. The number of ether oxygens (including phenoxy) is 2. The molecule has 0 aliphatic rings. The molecule has 8 heteroatoms. The van der Waals surface area contributed by atoms with Gasteiger partial charge in [0, 0.05) is 27.3 Å². The normalized spacial score (nSPS) is 13.4. The topological polar surface area (TPSA) is 90.7 Å². The van der Waals surface area contributed by atoms with E-state index in [1.54, 1.807) is 12.1 Å². The minimum absolute atomic E-state index is 0.0173. The Hall–Kier alpha value is -0.700. The van der Waals surface area contributed by atoms with Gasteiger partial charge in [0.15, 0.2) is 0 Å². The Morgan fingerprint density at radius 1 is 1.40 bits per heavy atom. The smallest absolute Gasteiger partial charge is 0.242 e. The number of rotatable bonds is 8. The zero-order valence-corrected chi connectivity index (χ0v) is 13.0. The van der Waals surface area contributed by atoms with E-state index in [1.807, 2.05) is 0 Å². The Labute approximate surface area is 124 Å². The number of benzene rings is 1. The molecule has 1 aromatic rings. The number of nitrogens with one attached hydrogen (secondary N) is 1. The van der Waals surface area contributed by atoms with Gasteiger partial charge < -0.3 is 15.2 Å². The average Bonchev–Trinajstić information content (AvgIpc) is 2.42. The number of halogens is 1. The number of hydrogen-bond acceptors (Lipinski definition) is 5. The number of nitrogens with two attached hydrogens (primary N) is 1. The molecule has 0 aliphatic carbocycles. The first-order valence-electron chi connectivity index (χ1n) is 5.94. The molecule has 0 amide bonds. The van der Waals surface area contributed by atoms with Crippen molar-refractivity contribution < 1.29 is 17.9 Å². The number of hydrogen-bond donors (Lipinski definition) is 2. The minimum Gasteiger partial charge on any atom is -0.382 e. The molecular formula is C12H19ClN2O4S. The maximum Gasteiger partial charge on any atom is 0.242 e. The molecule has 0 spiro atoms. The van der Waals surface area contributed by atoms with Gasteiger partial charge in [-0.15, -0.1) is 0 Å². The van der Waals surface area contributed by atoms with Gasteiger partial charge in [-0.1, -0.05) is 17.7 Å². The van der Waals surface area contributed by atoms with Crippen LogP contribution in [0.5, 0.6) is 0 Å². The standard InChI is InChI=1S/C12H19ClN2O4S/c1-18-8-10(19-2)7-15-20(16,17)12-4-3-9(6-14)5-11(12)13/h3-5,10,15H,6-8,14H2,1-2H3. The molecule has 1 rings (SSSR count). The zero-order valence-electron chi connectivity index (χ0n) is 11.4. The molecule has 114 valence electrons. The van der Waals surface area contributed by atoms with Gasteiger partial charge in [0.25, 0.3) is 0 Å². The zero-order chi connectivity index (χ0) is 15.2. The van der Waals surface area contributed by atoms with E-state index in [0.29, 0.717) is 13.2 Å². The van der Waals surface area contributed by atoms with Gasteiger partial charge in [0.1, 0.15) is 4.90 Å². The predicted molar refractivity (Wildman–Crippen MR) is 77.2 cm³/mol. The predicted octanol–water partition coefficient (Wildman–Crippen LogP) is 0.738. The van der Waals surface area contributed by atoms with Crippen LogP contribution in [-0.4, -0.2) is 41.9 Å². The van der Waals surface area contributed by atoms with E-state index in [-0.39, 0.29) is 22.6 Å². The Bertz CT molecular complexity index is 536. The molecule has 1 unspecified atom stereocenters. The summed E-state index contributed by atoms with van der Waals surface area (Å²) in [7, 11) is -0.694. The van der Waals surface area contributed by atoms with Gasteiger partial charge in [-0.05, 0) is 17.7 Å². The first-order valence-corrected chi connectivity index (χ1v) is 7.80. The molecule has 6 nitrogen and oxygen atoms in total. The highest BCUT2D eigenvalue weighted by molar-refractivity contribution is 7.89. The lowest BCUT2D eigenvalue weighted by Crippen LogP contribution is -2.35. The van der Waals surface area contributed by atoms with Crippen LogP contribution in [0.15, 0.2) is 23.1 Å². The van der Waals surface area contributed by atoms with E-state index >= 15 is 0 Å². The molecule has 20 heavy (non-hydrogen) atoms. The fraction of sp³-hybridized carbons (Fsp3) is 0.500. The molecule has 1 aromatic carbocycles. The molecular weight excluding hydrogens is 304 g/mol. The largest absolute Gasteiger partial charge is 0.382 e. The van der Waals surface area contributed by atoms with Gasteiger partial charge in [0.2, 0.25) is 10.0 Å². The third-order valence-electron chi connectivity index (χ3n) is 2.71. The first-order chi connectivity index (χ1) is 9.44. The van der Waals surface area contributed by atoms with Crippen LogP contribution >= 0.6 is 11.6 Å². The lowest BCUT2D eigenvalue weighted by molar-refractivity contribution is 0.0320. The van der Waals surface area contributed by atoms with Crippen LogP contribution < -0.4 is 10.5 Å². The Morgan fingerprint density at radius 3 is 2.60 bits per heavy atom. The lowest BCUT2D eigenvalue weighted by atomic mass is 10.2. The van der Waals surface area contributed by atoms with Crippen LogP contribution in [0.25, 0.3) is 0 Å². The highest BCUT2D eigenvalue weighted by Gasteiger charge is 2.19. The van der Waals surface area contributed by atoms with Crippen molar-refractivity contribution in [1.82, 2.24) is 4.72 Å². The quantitative estimate of drug-likeness (QED) is 0.736. The van der Waals surface area contributed by atoms with Crippen molar-refractivity contribution in [2.75, 3.05) is 27.4 Å². The van der Waals surface area contributed by atoms with E-state index < -0.39 is 10.0 Å². The van der Waals surface area contributed by atoms with Crippen molar-refractivity contribution in [3.63, 3.8) is 0 Å². The van der Waals surface area contributed by atoms with Crippen molar-refractivity contribution in [3.05, 3.63) is 28.8 Å². The summed E-state index contributed by atoms with van der Waals surface area (Å²) >= 11 is 5.97. The summed E-state index contributed by atoms with van der Waals surface area (Å²) in [6.45, 7) is 0.688. The molecule has 0 aliphatic heterocycles. The maximum atomic E-state index is 12.2. The summed E-state index contributed by atoms with van der Waals surface area (Å²) in [5, 5.41) is 0.140. The Kier molecular flexibility index (Phi) is 6.87. The third-order valence-corrected chi connectivity index (χ3v) is 4.61. The molecule has 0 fully saturated rings. The van der Waals surface area contributed by atoms with E-state index in [0.717, 1.165) is 5.56 Å². The van der Waals surface area contributed by atoms with E-state index in [2.05, 4.69) is 4.72 Å². The first kappa shape index (κ1) is 17.4. The van der Waals surface area contributed by atoms with Gasteiger partial charge in [-0.3, -0.25) is 0 Å². The van der Waals surface area contributed by atoms with Crippen LogP contribution in [0.4, 0.5) is 0 Å². The Balaban J connectivity index is 2.83. The van der Waals surface area contributed by atoms with Crippen molar-refractivity contribution in [2.45, 2.75) is 17.5 Å². The monoisotopic (exact) mass is 322 g/mol. The number of sulfonamides is 1. The summed E-state index contributed by atoms with van der Waals surface area (Å²) < 4.78 is 36.8. The second kappa shape index (κ2) is 7.92. The van der Waals surface area contributed by atoms with Gasteiger partial charge in [-0.2, -0.15) is 0 Å². The Morgan fingerprint density at radius 2 is 2.10 bits per heavy atom. The molecule has 0 saturated heterocycles. The van der Waals surface area contributed by atoms with Gasteiger partial charge in [-0.25, -0.2) is 13.1 Å². The third kappa shape index (κ3) is 4.69. The van der Waals surface area contributed by atoms with Crippen LogP contribution in [0.3, 0.4) is 0 Å². The van der Waals surface area contributed by atoms with Crippen molar-refractivity contribution >= 4 is 21.6 Å². The molecule has 0 heterocycles. The second-order valence-corrected chi connectivity index (χ2v) is 6.28. The van der Waals surface area contributed by atoms with E-state index in [4.69, 9.17) is 26.8 Å². The molecule has 0 saturated carbocycles. The summed E-state index contributed by atoms with van der Waals surface area (Å²) in [6, 6.07) is 4.60. The summed E-state index contributed by atoms with van der Waals surface area (Å²) in [4.78, 5) is 0.0173. The fourth-order valence-corrected chi connectivity index (χ4v) is 3.20.